The number of epoxide rings is 2. The second-order valence-electron chi connectivity index (χ2n) is 13.3. The van der Waals surface area contributed by atoms with Crippen molar-refractivity contribution in [2.75, 3.05) is 66.1 Å². The summed E-state index contributed by atoms with van der Waals surface area (Å²) in [7, 11) is 0. The smallest absolute Gasteiger partial charge is 0.119 e. The number of benzene rings is 4. The minimum absolute atomic E-state index is 0.102. The molecule has 2 aliphatic heterocycles. The van der Waals surface area contributed by atoms with E-state index in [1.165, 1.54) is 0 Å². The Kier molecular flexibility index (Phi) is 14.5. The van der Waals surface area contributed by atoms with Crippen LogP contribution in [0.2, 0.25) is 0 Å². The van der Waals surface area contributed by atoms with Crippen LogP contribution in [0.15, 0.2) is 122 Å². The van der Waals surface area contributed by atoms with Crippen LogP contribution in [-0.4, -0.2) is 101 Å². The van der Waals surface area contributed by atoms with E-state index in [0.29, 0.717) is 37.9 Å². The van der Waals surface area contributed by atoms with Crippen LogP contribution in [-0.2, 0) is 18.9 Å². The number of ether oxygens (including phenoxy) is 8. The van der Waals surface area contributed by atoms with Gasteiger partial charge in [-0.3, -0.25) is 0 Å². The van der Waals surface area contributed by atoms with Crippen LogP contribution in [0, 0.1) is 0 Å². The molecule has 6 rings (SSSR count). The van der Waals surface area contributed by atoms with Gasteiger partial charge in [0.1, 0.15) is 73.8 Å². The van der Waals surface area contributed by atoms with E-state index in [2.05, 4.69) is 61.7 Å². The summed E-state index contributed by atoms with van der Waals surface area (Å²) in [5.74, 6) is 2.57. The molecule has 6 unspecified atom stereocenters. The molecule has 2 fully saturated rings. The summed E-state index contributed by atoms with van der Waals surface area (Å²) in [6.45, 7) is 11.0. The monoisotopic (exact) mass is 738 g/mol. The van der Waals surface area contributed by atoms with Crippen LogP contribution < -0.4 is 18.9 Å². The summed E-state index contributed by atoms with van der Waals surface area (Å²) in [6.07, 6.45) is 2.07. The second kappa shape index (κ2) is 20.1. The van der Waals surface area contributed by atoms with E-state index in [0.717, 1.165) is 47.0 Å². The first-order chi connectivity index (χ1) is 26.5. The Balaban J connectivity index is 1.29. The molecule has 0 radical (unpaired) electrons. The van der Waals surface area contributed by atoms with Crippen molar-refractivity contribution in [3.63, 3.8) is 0 Å². The predicted molar refractivity (Wildman–Crippen MR) is 205 cm³/mol. The van der Waals surface area contributed by atoms with Crippen molar-refractivity contribution in [1.82, 2.24) is 0 Å². The van der Waals surface area contributed by atoms with E-state index >= 15 is 0 Å². The zero-order valence-electron chi connectivity index (χ0n) is 30.5. The minimum Gasteiger partial charge on any atom is -0.491 e. The minimum atomic E-state index is -0.765. The molecule has 10 nitrogen and oxygen atoms in total. The van der Waals surface area contributed by atoms with Crippen molar-refractivity contribution in [2.45, 2.75) is 36.3 Å². The van der Waals surface area contributed by atoms with Crippen LogP contribution in [0.4, 0.5) is 0 Å². The van der Waals surface area contributed by atoms with Crippen LogP contribution in [0.5, 0.6) is 23.0 Å². The fourth-order valence-electron chi connectivity index (χ4n) is 6.00. The third-order valence-electron chi connectivity index (χ3n) is 8.94. The largest absolute Gasteiger partial charge is 0.491 e. The molecular weight excluding hydrogens is 688 g/mol. The van der Waals surface area contributed by atoms with Gasteiger partial charge in [-0.1, -0.05) is 60.7 Å². The number of hydrogen-bond donors (Lipinski definition) is 2. The van der Waals surface area contributed by atoms with E-state index in [1.54, 1.807) is 12.2 Å². The molecule has 0 saturated carbocycles. The molecule has 10 heteroatoms. The van der Waals surface area contributed by atoms with Gasteiger partial charge in [-0.05, 0) is 70.8 Å². The molecule has 286 valence electrons. The van der Waals surface area contributed by atoms with Gasteiger partial charge in [0.25, 0.3) is 0 Å². The van der Waals surface area contributed by atoms with Gasteiger partial charge in [-0.25, -0.2) is 0 Å². The second-order valence-corrected chi connectivity index (χ2v) is 13.3. The van der Waals surface area contributed by atoms with Crippen molar-refractivity contribution in [1.29, 1.82) is 0 Å². The van der Waals surface area contributed by atoms with Crippen molar-refractivity contribution < 1.29 is 48.1 Å². The third kappa shape index (κ3) is 12.2. The highest BCUT2D eigenvalue weighted by atomic mass is 16.6. The molecule has 2 saturated heterocycles. The summed E-state index contributed by atoms with van der Waals surface area (Å²) in [5.41, 5.74) is 4.31. The summed E-state index contributed by atoms with van der Waals surface area (Å²) >= 11 is 0. The normalized spacial score (nSPS) is 18.1. The fourth-order valence-corrected chi connectivity index (χ4v) is 6.00. The number of aliphatic hydroxyl groups excluding tert-OH is 2. The van der Waals surface area contributed by atoms with Crippen LogP contribution in [0.1, 0.15) is 34.1 Å². The number of rotatable bonds is 25. The molecule has 54 heavy (non-hydrogen) atoms. The van der Waals surface area contributed by atoms with Gasteiger partial charge in [0, 0.05) is 11.8 Å². The Bertz CT molecular complexity index is 1570. The van der Waals surface area contributed by atoms with E-state index in [-0.39, 0.29) is 50.5 Å². The van der Waals surface area contributed by atoms with Crippen LogP contribution in [0.25, 0.3) is 0 Å². The summed E-state index contributed by atoms with van der Waals surface area (Å²) in [4.78, 5) is 0. The highest BCUT2D eigenvalue weighted by Crippen LogP contribution is 2.44. The average Bonchev–Trinajstić information content (AvgIpc) is 4.15. The molecule has 2 N–H and O–H groups in total. The quantitative estimate of drug-likeness (QED) is 0.0470. The Morgan fingerprint density at radius 2 is 0.796 bits per heavy atom. The van der Waals surface area contributed by atoms with Gasteiger partial charge in [0.05, 0.1) is 39.6 Å². The van der Waals surface area contributed by atoms with Crippen molar-refractivity contribution in [2.24, 2.45) is 0 Å². The molecule has 4 aromatic rings. The van der Waals surface area contributed by atoms with Crippen LogP contribution >= 0.6 is 0 Å². The lowest BCUT2D eigenvalue weighted by Gasteiger charge is -2.30. The lowest BCUT2D eigenvalue weighted by molar-refractivity contribution is 0.0214. The maximum Gasteiger partial charge on any atom is 0.119 e. The molecule has 2 heterocycles. The summed E-state index contributed by atoms with van der Waals surface area (Å²) in [6, 6.07) is 32.5. The molecule has 4 aromatic carbocycles. The molecule has 0 aromatic heterocycles. The standard InChI is InChI=1S/C44H50O10/c1-3-21-47-23-35(45)25-49-37-13-5-31(6-14-37)43(33-9-17-39(18-10-33)51-27-41-29-53-41)44(34-11-19-40(20-12-34)52-28-42-30-54-42)32-7-15-38(16-8-32)50-26-36(46)24-48-22-4-2/h3-20,35-36,41-46H,1-2,21-30H2. The van der Waals surface area contributed by atoms with Gasteiger partial charge >= 0.3 is 0 Å². The highest BCUT2D eigenvalue weighted by Gasteiger charge is 2.30. The summed E-state index contributed by atoms with van der Waals surface area (Å²) in [5, 5.41) is 20.6. The molecule has 0 spiro atoms. The van der Waals surface area contributed by atoms with E-state index in [4.69, 9.17) is 37.9 Å². The average molecular weight is 739 g/mol. The first kappa shape index (κ1) is 39.0. The Morgan fingerprint density at radius 1 is 0.500 bits per heavy atom. The first-order valence-electron chi connectivity index (χ1n) is 18.4. The Labute approximate surface area is 317 Å². The first-order valence-corrected chi connectivity index (χ1v) is 18.4. The maximum atomic E-state index is 10.3. The van der Waals surface area contributed by atoms with Crippen molar-refractivity contribution in [3.8, 4) is 23.0 Å². The number of aliphatic hydroxyl groups is 2. The highest BCUT2D eigenvalue weighted by molar-refractivity contribution is 5.48. The Hall–Kier alpha value is -4.68. The lowest BCUT2D eigenvalue weighted by atomic mass is 9.73. The van der Waals surface area contributed by atoms with Gasteiger partial charge in [-0.15, -0.1) is 13.2 Å². The Morgan fingerprint density at radius 3 is 1.07 bits per heavy atom. The molecule has 0 bridgehead atoms. The zero-order valence-corrected chi connectivity index (χ0v) is 30.5. The lowest BCUT2D eigenvalue weighted by Crippen LogP contribution is -2.23. The number of hydrogen-bond acceptors (Lipinski definition) is 10. The fraction of sp³-hybridized carbons (Fsp3) is 0.364. The van der Waals surface area contributed by atoms with Crippen molar-refractivity contribution in [3.05, 3.63) is 145 Å². The van der Waals surface area contributed by atoms with Gasteiger partial charge < -0.3 is 48.1 Å². The topological polar surface area (TPSA) is 121 Å². The maximum absolute atomic E-state index is 10.3. The molecule has 0 aliphatic carbocycles. The summed E-state index contributed by atoms with van der Waals surface area (Å²) < 4.78 is 45.2. The molecule has 6 atom stereocenters. The predicted octanol–water partition coefficient (Wildman–Crippen LogP) is 6.09. The SMILES string of the molecule is C=CCOCC(O)COc1ccc(C(c2ccc(OCC3CO3)cc2)C(c2ccc(OCC(O)COCC=C)cc2)c2ccc(OCC3CO3)cc2)cc1. The van der Waals surface area contributed by atoms with E-state index in [9.17, 15) is 10.2 Å². The van der Waals surface area contributed by atoms with Gasteiger partial charge in [0.2, 0.25) is 0 Å². The van der Waals surface area contributed by atoms with Gasteiger partial charge in [0.15, 0.2) is 0 Å². The van der Waals surface area contributed by atoms with E-state index < -0.39 is 12.2 Å². The van der Waals surface area contributed by atoms with E-state index in [1.807, 2.05) is 48.5 Å². The zero-order chi connectivity index (χ0) is 37.5. The van der Waals surface area contributed by atoms with Crippen molar-refractivity contribution >= 4 is 0 Å². The van der Waals surface area contributed by atoms with Gasteiger partial charge in [-0.2, -0.15) is 0 Å². The molecule has 0 amide bonds. The third-order valence-corrected chi connectivity index (χ3v) is 8.94. The molecule has 2 aliphatic rings. The van der Waals surface area contributed by atoms with Crippen LogP contribution in [0.3, 0.4) is 0 Å². The molecular formula is C44H50O10.